The summed E-state index contributed by atoms with van der Waals surface area (Å²) >= 11 is 6.34. The fourth-order valence-electron chi connectivity index (χ4n) is 2.29. The molecule has 1 aliphatic rings. The van der Waals surface area contributed by atoms with Gasteiger partial charge in [0, 0.05) is 30.4 Å². The van der Waals surface area contributed by atoms with Gasteiger partial charge >= 0.3 is 12.1 Å². The monoisotopic (exact) mass is 340 g/mol. The smallest absolute Gasteiger partial charge is 0.410 e. The van der Waals surface area contributed by atoms with Gasteiger partial charge in [0.1, 0.15) is 5.60 Å². The lowest BCUT2D eigenvalue weighted by Gasteiger charge is -2.31. The van der Waals surface area contributed by atoms with Crippen LogP contribution in [0.2, 0.25) is 5.02 Å². The Balaban J connectivity index is 2.23. The van der Waals surface area contributed by atoms with Gasteiger partial charge in [0.2, 0.25) is 0 Å². The van der Waals surface area contributed by atoms with E-state index in [1.54, 1.807) is 11.8 Å². The number of fused-ring (bicyclic) bond motifs is 1. The standard InChI is InChI=1S/C16H21ClN2O4/c1-5-22-14(20)10-8-18-12-6-7-19(9-11(12)13(10)17)15(21)23-16(2,3)4/h8H,5-7,9H2,1-4H3. The highest BCUT2D eigenvalue weighted by atomic mass is 35.5. The van der Waals surface area contributed by atoms with Crippen molar-refractivity contribution in [2.75, 3.05) is 13.2 Å². The second kappa shape index (κ2) is 6.74. The molecule has 0 fully saturated rings. The lowest BCUT2D eigenvalue weighted by molar-refractivity contribution is 0.0223. The van der Waals surface area contributed by atoms with Crippen LogP contribution in [0, 0.1) is 0 Å². The van der Waals surface area contributed by atoms with Gasteiger partial charge in [-0.3, -0.25) is 4.98 Å². The van der Waals surface area contributed by atoms with E-state index >= 15 is 0 Å². The maximum Gasteiger partial charge on any atom is 0.410 e. The molecule has 1 amide bonds. The predicted molar refractivity (Wildman–Crippen MR) is 85.6 cm³/mol. The number of carbonyl (C=O) groups is 2. The summed E-state index contributed by atoms with van der Waals surface area (Å²) in [5.74, 6) is -0.512. The lowest BCUT2D eigenvalue weighted by Crippen LogP contribution is -2.40. The summed E-state index contributed by atoms with van der Waals surface area (Å²) in [6, 6.07) is 0. The molecule has 0 aromatic carbocycles. The van der Waals surface area contributed by atoms with Crippen LogP contribution in [0.25, 0.3) is 0 Å². The number of rotatable bonds is 2. The fourth-order valence-corrected chi connectivity index (χ4v) is 2.58. The first kappa shape index (κ1) is 17.5. The number of ether oxygens (including phenoxy) is 2. The van der Waals surface area contributed by atoms with Crippen molar-refractivity contribution in [3.63, 3.8) is 0 Å². The van der Waals surface area contributed by atoms with Gasteiger partial charge in [0.25, 0.3) is 0 Å². The second-order valence-electron chi connectivity index (χ2n) is 6.28. The SMILES string of the molecule is CCOC(=O)c1cnc2c(c1Cl)CN(C(=O)OC(C)(C)C)CC2. The molecule has 1 aliphatic heterocycles. The third kappa shape index (κ3) is 4.13. The molecule has 0 saturated heterocycles. The molecular formula is C16H21ClN2O4. The number of amides is 1. The van der Waals surface area contributed by atoms with Crippen molar-refractivity contribution < 1.29 is 19.1 Å². The minimum atomic E-state index is -0.563. The quantitative estimate of drug-likeness (QED) is 0.773. The first-order chi connectivity index (χ1) is 10.7. The molecule has 6 nitrogen and oxygen atoms in total. The molecule has 2 rings (SSSR count). The van der Waals surface area contributed by atoms with Gasteiger partial charge in [-0.2, -0.15) is 0 Å². The van der Waals surface area contributed by atoms with Crippen LogP contribution in [-0.2, 0) is 22.4 Å². The number of hydrogen-bond acceptors (Lipinski definition) is 5. The van der Waals surface area contributed by atoms with Crippen LogP contribution in [0.1, 0.15) is 49.3 Å². The molecule has 0 saturated carbocycles. The maximum atomic E-state index is 12.2. The molecule has 1 aromatic rings. The Morgan fingerprint density at radius 1 is 1.39 bits per heavy atom. The molecule has 1 aromatic heterocycles. The van der Waals surface area contributed by atoms with E-state index in [2.05, 4.69) is 4.98 Å². The van der Waals surface area contributed by atoms with Gasteiger partial charge in [0.15, 0.2) is 0 Å². The van der Waals surface area contributed by atoms with E-state index in [0.717, 1.165) is 5.69 Å². The van der Waals surface area contributed by atoms with E-state index < -0.39 is 17.7 Å². The number of aromatic nitrogens is 1. The molecule has 2 heterocycles. The Bertz CT molecular complexity index is 625. The number of halogens is 1. The van der Waals surface area contributed by atoms with Crippen LogP contribution in [0.4, 0.5) is 4.79 Å². The summed E-state index contributed by atoms with van der Waals surface area (Å²) < 4.78 is 10.4. The summed E-state index contributed by atoms with van der Waals surface area (Å²) in [6.07, 6.45) is 1.60. The van der Waals surface area contributed by atoms with Crippen molar-refractivity contribution in [1.82, 2.24) is 9.88 Å². The molecule has 126 valence electrons. The first-order valence-electron chi connectivity index (χ1n) is 7.54. The number of carbonyl (C=O) groups excluding carboxylic acids is 2. The van der Waals surface area contributed by atoms with E-state index in [9.17, 15) is 9.59 Å². The van der Waals surface area contributed by atoms with Crippen LogP contribution in [0.3, 0.4) is 0 Å². The Morgan fingerprint density at radius 2 is 2.09 bits per heavy atom. The summed E-state index contributed by atoms with van der Waals surface area (Å²) in [4.78, 5) is 30.0. The molecule has 0 unspecified atom stereocenters. The van der Waals surface area contributed by atoms with Crippen LogP contribution < -0.4 is 0 Å². The molecule has 0 N–H and O–H groups in total. The van der Waals surface area contributed by atoms with E-state index in [1.165, 1.54) is 6.20 Å². The minimum absolute atomic E-state index is 0.221. The summed E-state index contributed by atoms with van der Waals surface area (Å²) in [6.45, 7) is 8.20. The second-order valence-corrected chi connectivity index (χ2v) is 6.66. The van der Waals surface area contributed by atoms with Crippen LogP contribution in [0.15, 0.2) is 6.20 Å². The zero-order valence-corrected chi connectivity index (χ0v) is 14.6. The normalized spacial score (nSPS) is 14.2. The van der Waals surface area contributed by atoms with Crippen LogP contribution in [0.5, 0.6) is 0 Å². The fraction of sp³-hybridized carbons (Fsp3) is 0.562. The average molecular weight is 341 g/mol. The Kier molecular flexibility index (Phi) is 5.14. The van der Waals surface area contributed by atoms with Crippen molar-refractivity contribution >= 4 is 23.7 Å². The van der Waals surface area contributed by atoms with E-state index in [0.29, 0.717) is 23.6 Å². The molecule has 0 spiro atoms. The zero-order valence-electron chi connectivity index (χ0n) is 13.8. The van der Waals surface area contributed by atoms with Crippen molar-refractivity contribution in [3.05, 3.63) is 28.0 Å². The Morgan fingerprint density at radius 3 is 2.70 bits per heavy atom. The highest BCUT2D eigenvalue weighted by Crippen LogP contribution is 2.29. The number of nitrogens with zero attached hydrogens (tertiary/aromatic N) is 2. The van der Waals surface area contributed by atoms with Crippen molar-refractivity contribution in [1.29, 1.82) is 0 Å². The van der Waals surface area contributed by atoms with Crippen molar-refractivity contribution in [2.45, 2.75) is 46.3 Å². The predicted octanol–water partition coefficient (Wildman–Crippen LogP) is 3.20. The van der Waals surface area contributed by atoms with Crippen LogP contribution in [-0.4, -0.2) is 40.7 Å². The van der Waals surface area contributed by atoms with E-state index in [4.69, 9.17) is 21.1 Å². The summed E-state index contributed by atoms with van der Waals surface area (Å²) in [5.41, 5.74) is 1.13. The third-order valence-electron chi connectivity index (χ3n) is 3.31. The van der Waals surface area contributed by atoms with Gasteiger partial charge in [-0.1, -0.05) is 11.6 Å². The molecule has 7 heteroatoms. The average Bonchev–Trinajstić information content (AvgIpc) is 2.45. The van der Waals surface area contributed by atoms with Gasteiger partial charge in [-0.15, -0.1) is 0 Å². The summed E-state index contributed by atoms with van der Waals surface area (Å²) in [5, 5.41) is 0.293. The molecule has 23 heavy (non-hydrogen) atoms. The largest absolute Gasteiger partial charge is 0.462 e. The Labute approximate surface area is 140 Å². The number of pyridine rings is 1. The van der Waals surface area contributed by atoms with Gasteiger partial charge in [0.05, 0.1) is 23.7 Å². The zero-order chi connectivity index (χ0) is 17.2. The van der Waals surface area contributed by atoms with Crippen molar-refractivity contribution in [2.24, 2.45) is 0 Å². The molecule has 0 bridgehead atoms. The first-order valence-corrected chi connectivity index (χ1v) is 7.92. The van der Waals surface area contributed by atoms with E-state index in [1.807, 2.05) is 20.8 Å². The van der Waals surface area contributed by atoms with Crippen LogP contribution >= 0.6 is 11.6 Å². The van der Waals surface area contributed by atoms with Gasteiger partial charge in [-0.25, -0.2) is 9.59 Å². The number of esters is 1. The molecular weight excluding hydrogens is 320 g/mol. The molecule has 0 atom stereocenters. The lowest BCUT2D eigenvalue weighted by atomic mass is 10.0. The molecule has 0 radical (unpaired) electrons. The maximum absolute atomic E-state index is 12.2. The highest BCUT2D eigenvalue weighted by molar-refractivity contribution is 6.34. The van der Waals surface area contributed by atoms with Gasteiger partial charge < -0.3 is 14.4 Å². The van der Waals surface area contributed by atoms with E-state index in [-0.39, 0.29) is 18.7 Å². The highest BCUT2D eigenvalue weighted by Gasteiger charge is 2.29. The Hall–Kier alpha value is -1.82. The molecule has 0 aliphatic carbocycles. The number of hydrogen-bond donors (Lipinski definition) is 0. The van der Waals surface area contributed by atoms with Crippen molar-refractivity contribution in [3.8, 4) is 0 Å². The minimum Gasteiger partial charge on any atom is -0.462 e. The summed E-state index contributed by atoms with van der Waals surface area (Å²) in [7, 11) is 0. The third-order valence-corrected chi connectivity index (χ3v) is 3.75. The van der Waals surface area contributed by atoms with Gasteiger partial charge in [-0.05, 0) is 27.7 Å². The topological polar surface area (TPSA) is 68.7 Å².